The molecule has 1 aromatic heterocycles. The molecular weight excluding hydrogens is 306 g/mol. The molecule has 1 aliphatic rings. The van der Waals surface area contributed by atoms with Gasteiger partial charge in [0.05, 0.1) is 12.7 Å². The average molecular weight is 325 g/mol. The normalized spacial score (nSPS) is 14.2. The number of hydrogen-bond donors (Lipinski definition) is 0. The van der Waals surface area contributed by atoms with Gasteiger partial charge in [-0.2, -0.15) is 5.26 Å². The van der Waals surface area contributed by atoms with E-state index in [4.69, 9.17) is 9.72 Å². The van der Waals surface area contributed by atoms with Crippen molar-refractivity contribution in [2.45, 2.75) is 18.0 Å². The lowest BCUT2D eigenvalue weighted by Gasteiger charge is -2.27. The molecule has 0 unspecified atom stereocenters. The third-order valence-corrected chi connectivity index (χ3v) is 4.85. The molecule has 0 saturated carbocycles. The van der Waals surface area contributed by atoms with Crippen molar-refractivity contribution < 1.29 is 4.74 Å². The van der Waals surface area contributed by atoms with Crippen LogP contribution in [-0.4, -0.2) is 36.8 Å². The van der Waals surface area contributed by atoms with Crippen LogP contribution >= 0.6 is 11.8 Å². The summed E-state index contributed by atoms with van der Waals surface area (Å²) in [5, 5.41) is 10.6. The fourth-order valence-corrected chi connectivity index (χ4v) is 3.57. The van der Waals surface area contributed by atoms with Gasteiger partial charge in [0.2, 0.25) is 0 Å². The number of ether oxygens (including phenoxy) is 1. The first-order chi connectivity index (χ1) is 11.2. The average Bonchev–Trinajstić information content (AvgIpc) is 2.59. The second-order valence-electron chi connectivity index (χ2n) is 5.63. The second-order valence-corrected chi connectivity index (χ2v) is 6.42. The summed E-state index contributed by atoms with van der Waals surface area (Å²) in [7, 11) is 3.76. The van der Waals surface area contributed by atoms with Crippen LogP contribution in [0.5, 0.6) is 5.75 Å². The van der Waals surface area contributed by atoms with Crippen LogP contribution < -0.4 is 4.74 Å². The highest BCUT2D eigenvalue weighted by Crippen LogP contribution is 2.37. The SMILES string of the molecule is COc1cccc(-c2c(C#N)c(SC)nc3c2CN(C)CC3)c1. The second kappa shape index (κ2) is 6.61. The number of methoxy groups -OCH3 is 1. The Morgan fingerprint density at radius 1 is 1.39 bits per heavy atom. The van der Waals surface area contributed by atoms with Crippen LogP contribution in [0.1, 0.15) is 16.8 Å². The number of nitrogens with zero attached hydrogens (tertiary/aromatic N) is 3. The van der Waals surface area contributed by atoms with Crippen molar-refractivity contribution in [2.75, 3.05) is 27.0 Å². The Balaban J connectivity index is 2.30. The minimum Gasteiger partial charge on any atom is -0.497 e. The van der Waals surface area contributed by atoms with Crippen molar-refractivity contribution in [3.05, 3.63) is 41.1 Å². The Kier molecular flexibility index (Phi) is 4.56. The minimum atomic E-state index is 0.666. The number of thioether (sulfide) groups is 1. The van der Waals surface area contributed by atoms with Gasteiger partial charge in [0, 0.05) is 30.8 Å². The largest absolute Gasteiger partial charge is 0.497 e. The number of pyridine rings is 1. The van der Waals surface area contributed by atoms with Crippen LogP contribution in [0.4, 0.5) is 0 Å². The molecule has 3 rings (SSSR count). The number of likely N-dealkylation sites (N-methyl/N-ethyl adjacent to an activating group) is 1. The molecule has 2 heterocycles. The van der Waals surface area contributed by atoms with Crippen molar-refractivity contribution in [1.29, 1.82) is 5.26 Å². The quantitative estimate of drug-likeness (QED) is 0.810. The van der Waals surface area contributed by atoms with Crippen molar-refractivity contribution in [3.63, 3.8) is 0 Å². The number of benzene rings is 1. The molecule has 0 bridgehead atoms. The Labute approximate surface area is 141 Å². The van der Waals surface area contributed by atoms with Gasteiger partial charge in [-0.1, -0.05) is 12.1 Å². The van der Waals surface area contributed by atoms with E-state index in [1.54, 1.807) is 7.11 Å². The predicted molar refractivity (Wildman–Crippen MR) is 92.8 cm³/mol. The maximum absolute atomic E-state index is 9.74. The molecule has 23 heavy (non-hydrogen) atoms. The van der Waals surface area contributed by atoms with Crippen molar-refractivity contribution in [2.24, 2.45) is 0 Å². The fraction of sp³-hybridized carbons (Fsp3) is 0.333. The Bertz CT molecular complexity index is 783. The van der Waals surface area contributed by atoms with Crippen molar-refractivity contribution >= 4 is 11.8 Å². The van der Waals surface area contributed by atoms with Crippen LogP contribution in [0.15, 0.2) is 29.3 Å². The van der Waals surface area contributed by atoms with Gasteiger partial charge < -0.3 is 9.64 Å². The number of nitriles is 1. The molecule has 0 spiro atoms. The third kappa shape index (κ3) is 2.92. The summed E-state index contributed by atoms with van der Waals surface area (Å²) in [6.07, 6.45) is 2.89. The summed E-state index contributed by atoms with van der Waals surface area (Å²) in [6.45, 7) is 1.81. The zero-order valence-electron chi connectivity index (χ0n) is 13.6. The molecule has 0 fully saturated rings. The molecule has 5 heteroatoms. The maximum Gasteiger partial charge on any atom is 0.119 e. The van der Waals surface area contributed by atoms with E-state index in [9.17, 15) is 5.26 Å². The molecule has 0 atom stereocenters. The summed E-state index contributed by atoms with van der Waals surface area (Å²) in [5.41, 5.74) is 4.97. The van der Waals surface area contributed by atoms with Gasteiger partial charge >= 0.3 is 0 Å². The summed E-state index contributed by atoms with van der Waals surface area (Å²) in [5.74, 6) is 0.798. The first-order valence-corrected chi connectivity index (χ1v) is 8.73. The molecular formula is C18H19N3OS. The number of hydrogen-bond acceptors (Lipinski definition) is 5. The number of rotatable bonds is 3. The Hall–Kier alpha value is -2.03. The van der Waals surface area contributed by atoms with Gasteiger partial charge in [-0.05, 0) is 36.6 Å². The van der Waals surface area contributed by atoms with Crippen LogP contribution in [-0.2, 0) is 13.0 Å². The summed E-state index contributed by atoms with van der Waals surface area (Å²) < 4.78 is 5.36. The van der Waals surface area contributed by atoms with E-state index < -0.39 is 0 Å². The number of fused-ring (bicyclic) bond motifs is 1. The number of aromatic nitrogens is 1. The van der Waals surface area contributed by atoms with Gasteiger partial charge in [-0.15, -0.1) is 11.8 Å². The van der Waals surface area contributed by atoms with E-state index in [-0.39, 0.29) is 0 Å². The van der Waals surface area contributed by atoms with Crippen LogP contribution in [0, 0.1) is 11.3 Å². The highest BCUT2D eigenvalue weighted by molar-refractivity contribution is 7.98. The highest BCUT2D eigenvalue weighted by atomic mass is 32.2. The molecule has 1 aliphatic heterocycles. The van der Waals surface area contributed by atoms with Crippen LogP contribution in [0.25, 0.3) is 11.1 Å². The summed E-state index contributed by atoms with van der Waals surface area (Å²) >= 11 is 1.53. The first kappa shape index (κ1) is 15.9. The molecule has 0 aliphatic carbocycles. The lowest BCUT2D eigenvalue weighted by molar-refractivity contribution is 0.309. The highest BCUT2D eigenvalue weighted by Gasteiger charge is 2.24. The van der Waals surface area contributed by atoms with E-state index >= 15 is 0 Å². The zero-order valence-corrected chi connectivity index (χ0v) is 14.4. The van der Waals surface area contributed by atoms with Crippen LogP contribution in [0.3, 0.4) is 0 Å². The molecule has 0 amide bonds. The van der Waals surface area contributed by atoms with Crippen molar-refractivity contribution in [1.82, 2.24) is 9.88 Å². The molecule has 2 aromatic rings. The van der Waals surface area contributed by atoms with E-state index in [0.29, 0.717) is 5.56 Å². The monoisotopic (exact) mass is 325 g/mol. The molecule has 0 N–H and O–H groups in total. The van der Waals surface area contributed by atoms with Gasteiger partial charge in [0.1, 0.15) is 16.8 Å². The van der Waals surface area contributed by atoms with E-state index in [1.165, 1.54) is 17.3 Å². The molecule has 1 aromatic carbocycles. The maximum atomic E-state index is 9.74. The lowest BCUT2D eigenvalue weighted by Crippen LogP contribution is -2.28. The molecule has 0 radical (unpaired) electrons. The lowest BCUT2D eigenvalue weighted by atomic mass is 9.91. The molecule has 4 nitrogen and oxygen atoms in total. The first-order valence-electron chi connectivity index (χ1n) is 7.50. The Morgan fingerprint density at radius 3 is 2.91 bits per heavy atom. The fourth-order valence-electron chi connectivity index (χ4n) is 3.02. The topological polar surface area (TPSA) is 49.1 Å². The van der Waals surface area contributed by atoms with Gasteiger partial charge in [0.15, 0.2) is 0 Å². The van der Waals surface area contributed by atoms with Gasteiger partial charge in [-0.3, -0.25) is 0 Å². The summed E-state index contributed by atoms with van der Waals surface area (Å²) in [6, 6.07) is 10.3. The van der Waals surface area contributed by atoms with E-state index in [0.717, 1.165) is 47.1 Å². The molecule has 118 valence electrons. The van der Waals surface area contributed by atoms with Gasteiger partial charge in [-0.25, -0.2) is 4.98 Å². The minimum absolute atomic E-state index is 0.666. The van der Waals surface area contributed by atoms with Crippen LogP contribution in [0.2, 0.25) is 0 Å². The van der Waals surface area contributed by atoms with E-state index in [2.05, 4.69) is 18.0 Å². The zero-order chi connectivity index (χ0) is 16.4. The standard InChI is InChI=1S/C18H19N3OS/c1-21-8-7-16-15(11-21)17(14(10-19)18(20-16)23-3)12-5-4-6-13(9-12)22-2/h4-6,9H,7-8,11H2,1-3H3. The smallest absolute Gasteiger partial charge is 0.119 e. The summed E-state index contributed by atoms with van der Waals surface area (Å²) in [4.78, 5) is 7.02. The van der Waals surface area contributed by atoms with E-state index in [1.807, 2.05) is 30.5 Å². The third-order valence-electron chi connectivity index (χ3n) is 4.17. The van der Waals surface area contributed by atoms with Gasteiger partial charge in [0.25, 0.3) is 0 Å². The molecule has 0 saturated heterocycles. The Morgan fingerprint density at radius 2 is 2.22 bits per heavy atom. The van der Waals surface area contributed by atoms with Crippen molar-refractivity contribution in [3.8, 4) is 22.9 Å². The predicted octanol–water partition coefficient (Wildman–Crippen LogP) is 3.34.